The third-order valence-corrected chi connectivity index (χ3v) is 8.37. The summed E-state index contributed by atoms with van der Waals surface area (Å²) in [6, 6.07) is 14.1. The number of benzene rings is 3. The average Bonchev–Trinajstić information content (AvgIpc) is 2.90. The molecule has 0 bridgehead atoms. The fourth-order valence-electron chi connectivity index (χ4n) is 3.73. The van der Waals surface area contributed by atoms with Crippen LogP contribution in [0.15, 0.2) is 77.7 Å². The Bertz CT molecular complexity index is 1430. The standard InChI is InChI=1S/C26H24Cl2F3N3O4S/c1-17(25(36)32-2)33(15-21-22(27)12-7-13-23(21)28)24(35)16-34(39(37,38)20-10-4-3-5-11-20)19-9-6-8-18(14-19)26(29,30)31/h3-14,17H,15-16H2,1-2H3,(H,32,36)/t17-/m1/s1. The van der Waals surface area contributed by atoms with Crippen LogP contribution in [0.3, 0.4) is 0 Å². The SMILES string of the molecule is CNC(=O)[C@@H](C)N(Cc1c(Cl)cccc1Cl)C(=O)CN(c1cccc(C(F)(F)F)c1)S(=O)(=O)c1ccccc1. The number of sulfonamides is 1. The molecule has 208 valence electrons. The average molecular weight is 602 g/mol. The van der Waals surface area contributed by atoms with E-state index < -0.39 is 46.2 Å². The predicted molar refractivity (Wildman–Crippen MR) is 143 cm³/mol. The molecule has 3 aromatic rings. The molecule has 2 amide bonds. The van der Waals surface area contributed by atoms with Gasteiger partial charge in [0, 0.05) is 29.2 Å². The van der Waals surface area contributed by atoms with Gasteiger partial charge in [0.15, 0.2) is 0 Å². The van der Waals surface area contributed by atoms with Crippen LogP contribution >= 0.6 is 23.2 Å². The molecule has 0 aromatic heterocycles. The number of carbonyl (C=O) groups excluding carboxylic acids is 2. The van der Waals surface area contributed by atoms with Crippen molar-refractivity contribution in [2.75, 3.05) is 17.9 Å². The van der Waals surface area contributed by atoms with E-state index in [4.69, 9.17) is 23.2 Å². The zero-order valence-electron chi connectivity index (χ0n) is 20.7. The molecule has 7 nitrogen and oxygen atoms in total. The minimum Gasteiger partial charge on any atom is -0.357 e. The maximum absolute atomic E-state index is 13.7. The second-order valence-corrected chi connectivity index (χ2v) is 11.1. The molecule has 0 fully saturated rings. The first kappa shape index (κ1) is 30.3. The molecule has 0 aliphatic rings. The Morgan fingerprint density at radius 3 is 2.10 bits per heavy atom. The topological polar surface area (TPSA) is 86.8 Å². The molecule has 0 saturated heterocycles. The van der Waals surface area contributed by atoms with E-state index in [0.29, 0.717) is 15.9 Å². The smallest absolute Gasteiger partial charge is 0.357 e. The monoisotopic (exact) mass is 601 g/mol. The van der Waals surface area contributed by atoms with Gasteiger partial charge in [-0.2, -0.15) is 13.2 Å². The third kappa shape index (κ3) is 7.03. The maximum atomic E-state index is 13.7. The summed E-state index contributed by atoms with van der Waals surface area (Å²) in [5.41, 5.74) is -1.18. The van der Waals surface area contributed by atoms with Crippen molar-refractivity contribution in [1.29, 1.82) is 0 Å². The molecule has 1 atom stereocenters. The van der Waals surface area contributed by atoms with E-state index in [0.717, 1.165) is 23.1 Å². The van der Waals surface area contributed by atoms with Gasteiger partial charge in [-0.3, -0.25) is 13.9 Å². The number of carbonyl (C=O) groups is 2. The lowest BCUT2D eigenvalue weighted by atomic mass is 10.1. The Hall–Kier alpha value is -3.28. The van der Waals surface area contributed by atoms with Gasteiger partial charge >= 0.3 is 6.18 Å². The van der Waals surface area contributed by atoms with E-state index in [9.17, 15) is 31.2 Å². The first-order valence-corrected chi connectivity index (χ1v) is 13.7. The summed E-state index contributed by atoms with van der Waals surface area (Å²) < 4.78 is 68.3. The van der Waals surface area contributed by atoms with Gasteiger partial charge in [-0.05, 0) is 49.4 Å². The molecule has 3 aromatic carbocycles. The van der Waals surface area contributed by atoms with Gasteiger partial charge in [0.25, 0.3) is 10.0 Å². The van der Waals surface area contributed by atoms with E-state index in [2.05, 4.69) is 5.32 Å². The zero-order valence-corrected chi connectivity index (χ0v) is 23.1. The van der Waals surface area contributed by atoms with Crippen molar-refractivity contribution in [1.82, 2.24) is 10.2 Å². The predicted octanol–water partition coefficient (Wildman–Crippen LogP) is 5.37. The van der Waals surface area contributed by atoms with Crippen LogP contribution in [0.5, 0.6) is 0 Å². The number of nitrogens with zero attached hydrogens (tertiary/aromatic N) is 2. The Morgan fingerprint density at radius 2 is 1.54 bits per heavy atom. The summed E-state index contributed by atoms with van der Waals surface area (Å²) in [6.07, 6.45) is -4.76. The lowest BCUT2D eigenvalue weighted by molar-refractivity contribution is -0.139. The third-order valence-electron chi connectivity index (χ3n) is 5.88. The summed E-state index contributed by atoms with van der Waals surface area (Å²) in [5.74, 6) is -1.44. The maximum Gasteiger partial charge on any atom is 0.416 e. The highest BCUT2D eigenvalue weighted by Crippen LogP contribution is 2.33. The number of hydrogen-bond donors (Lipinski definition) is 1. The Labute approximate surface area is 234 Å². The first-order chi connectivity index (χ1) is 18.3. The van der Waals surface area contributed by atoms with Crippen LogP contribution in [0.4, 0.5) is 18.9 Å². The Balaban J connectivity index is 2.11. The van der Waals surface area contributed by atoms with Gasteiger partial charge in [0.05, 0.1) is 16.1 Å². The Morgan fingerprint density at radius 1 is 0.949 bits per heavy atom. The summed E-state index contributed by atoms with van der Waals surface area (Å²) in [4.78, 5) is 27.0. The van der Waals surface area contributed by atoms with Gasteiger partial charge in [-0.25, -0.2) is 8.42 Å². The van der Waals surface area contributed by atoms with Crippen LogP contribution in [0.2, 0.25) is 10.0 Å². The lowest BCUT2D eigenvalue weighted by Crippen LogP contribution is -2.50. The molecule has 0 radical (unpaired) electrons. The van der Waals surface area contributed by atoms with E-state index in [-0.39, 0.29) is 27.2 Å². The molecule has 0 aliphatic carbocycles. The number of amides is 2. The van der Waals surface area contributed by atoms with Crippen molar-refractivity contribution >= 4 is 50.7 Å². The van der Waals surface area contributed by atoms with E-state index >= 15 is 0 Å². The number of anilines is 1. The highest BCUT2D eigenvalue weighted by molar-refractivity contribution is 7.92. The van der Waals surface area contributed by atoms with Crippen LogP contribution in [0, 0.1) is 0 Å². The highest BCUT2D eigenvalue weighted by atomic mass is 35.5. The first-order valence-electron chi connectivity index (χ1n) is 11.5. The summed E-state index contributed by atoms with van der Waals surface area (Å²) in [6.45, 7) is 0.234. The van der Waals surface area contributed by atoms with Crippen LogP contribution in [-0.4, -0.2) is 44.8 Å². The molecular formula is C26H24Cl2F3N3O4S. The lowest BCUT2D eigenvalue weighted by Gasteiger charge is -2.32. The molecular weight excluding hydrogens is 578 g/mol. The normalized spacial score (nSPS) is 12.5. The summed E-state index contributed by atoms with van der Waals surface area (Å²) >= 11 is 12.6. The van der Waals surface area contributed by atoms with Crippen molar-refractivity contribution in [2.24, 2.45) is 0 Å². The van der Waals surface area contributed by atoms with Gasteiger partial charge in [-0.15, -0.1) is 0 Å². The number of likely N-dealkylation sites (N-methyl/N-ethyl adjacent to an activating group) is 1. The number of rotatable bonds is 9. The fourth-order valence-corrected chi connectivity index (χ4v) is 5.68. The van der Waals surface area contributed by atoms with Crippen molar-refractivity contribution in [2.45, 2.75) is 30.6 Å². The molecule has 1 N–H and O–H groups in total. The molecule has 0 spiro atoms. The van der Waals surface area contributed by atoms with Crippen molar-refractivity contribution in [3.8, 4) is 0 Å². The molecule has 39 heavy (non-hydrogen) atoms. The minimum absolute atomic E-state index is 0.205. The molecule has 0 heterocycles. The van der Waals surface area contributed by atoms with Gasteiger partial charge < -0.3 is 10.2 Å². The van der Waals surface area contributed by atoms with Gasteiger partial charge in [0.2, 0.25) is 11.8 Å². The number of alkyl halides is 3. The van der Waals surface area contributed by atoms with Crippen LogP contribution in [0.1, 0.15) is 18.1 Å². The second-order valence-electron chi connectivity index (χ2n) is 8.38. The zero-order chi connectivity index (χ0) is 29.0. The van der Waals surface area contributed by atoms with E-state index in [1.165, 1.54) is 50.4 Å². The van der Waals surface area contributed by atoms with Gasteiger partial charge in [-0.1, -0.05) is 53.5 Å². The van der Waals surface area contributed by atoms with Crippen molar-refractivity contribution in [3.63, 3.8) is 0 Å². The number of hydrogen-bond acceptors (Lipinski definition) is 4. The number of halogens is 5. The van der Waals surface area contributed by atoms with Crippen molar-refractivity contribution < 1.29 is 31.2 Å². The molecule has 0 unspecified atom stereocenters. The largest absolute Gasteiger partial charge is 0.416 e. The van der Waals surface area contributed by atoms with E-state index in [1.807, 2.05) is 0 Å². The quantitative estimate of drug-likeness (QED) is 0.357. The van der Waals surface area contributed by atoms with E-state index in [1.54, 1.807) is 12.1 Å². The minimum atomic E-state index is -4.76. The fraction of sp³-hybridized carbons (Fsp3) is 0.231. The Kier molecular flexibility index (Phi) is 9.52. The van der Waals surface area contributed by atoms with Crippen LogP contribution < -0.4 is 9.62 Å². The number of nitrogens with one attached hydrogen (secondary N) is 1. The second kappa shape index (κ2) is 12.3. The molecule has 0 saturated carbocycles. The van der Waals surface area contributed by atoms with Gasteiger partial charge in [0.1, 0.15) is 12.6 Å². The molecule has 0 aliphatic heterocycles. The molecule has 3 rings (SSSR count). The molecule has 13 heteroatoms. The van der Waals surface area contributed by atoms with Crippen molar-refractivity contribution in [3.05, 3.63) is 94.0 Å². The summed E-state index contributed by atoms with van der Waals surface area (Å²) in [7, 11) is -3.16. The summed E-state index contributed by atoms with van der Waals surface area (Å²) in [5, 5.41) is 2.83. The highest BCUT2D eigenvalue weighted by Gasteiger charge is 2.35. The van der Waals surface area contributed by atoms with Crippen LogP contribution in [-0.2, 0) is 32.3 Å². The van der Waals surface area contributed by atoms with Crippen LogP contribution in [0.25, 0.3) is 0 Å².